The molecule has 1 fully saturated rings. The van der Waals surface area contributed by atoms with Gasteiger partial charge >= 0.3 is 0 Å². The summed E-state index contributed by atoms with van der Waals surface area (Å²) < 4.78 is 0. The van der Waals surface area contributed by atoms with E-state index in [1.165, 1.54) is 64.2 Å². The van der Waals surface area contributed by atoms with Crippen molar-refractivity contribution in [1.29, 1.82) is 0 Å². The van der Waals surface area contributed by atoms with Crippen molar-refractivity contribution >= 4 is 11.8 Å². The van der Waals surface area contributed by atoms with Gasteiger partial charge in [0.15, 0.2) is 0 Å². The summed E-state index contributed by atoms with van der Waals surface area (Å²) in [6.07, 6.45) is 19.2. The maximum Gasteiger partial charge on any atom is 0.229 e. The molecule has 0 radical (unpaired) electrons. The molecule has 1 aliphatic rings. The van der Waals surface area contributed by atoms with Crippen LogP contribution in [-0.2, 0) is 9.59 Å². The number of carbonyl (C=O) groups excluding carboxylic acids is 2. The SMILES string of the molecule is CN(C)CCCN1C(=O)CCCCCCCCCCCCCCCCC1=O. The molecule has 0 atom stereocenters. The van der Waals surface area contributed by atoms with E-state index in [2.05, 4.69) is 4.90 Å². The zero-order chi connectivity index (χ0) is 19.7. The molecule has 0 N–H and O–H groups in total. The third-order valence-corrected chi connectivity index (χ3v) is 5.62. The van der Waals surface area contributed by atoms with Crippen molar-refractivity contribution in [2.75, 3.05) is 27.2 Å². The van der Waals surface area contributed by atoms with Gasteiger partial charge in [0.05, 0.1) is 0 Å². The maximum absolute atomic E-state index is 12.6. The van der Waals surface area contributed by atoms with Crippen molar-refractivity contribution in [1.82, 2.24) is 9.80 Å². The van der Waals surface area contributed by atoms with Crippen LogP contribution in [0.4, 0.5) is 0 Å². The molecule has 4 nitrogen and oxygen atoms in total. The fraction of sp³-hybridized carbons (Fsp3) is 0.913. The smallest absolute Gasteiger partial charge is 0.229 e. The number of hydrogen-bond acceptors (Lipinski definition) is 3. The van der Waals surface area contributed by atoms with E-state index in [9.17, 15) is 9.59 Å². The maximum atomic E-state index is 12.6. The van der Waals surface area contributed by atoms with E-state index in [-0.39, 0.29) is 11.8 Å². The van der Waals surface area contributed by atoms with E-state index < -0.39 is 0 Å². The molecule has 158 valence electrons. The zero-order valence-corrected chi connectivity index (χ0v) is 18.1. The second-order valence-electron chi connectivity index (χ2n) is 8.55. The highest BCUT2D eigenvalue weighted by Gasteiger charge is 2.20. The summed E-state index contributed by atoms with van der Waals surface area (Å²) in [5.74, 6) is 0.105. The Hall–Kier alpha value is -0.900. The summed E-state index contributed by atoms with van der Waals surface area (Å²) in [5, 5.41) is 0. The van der Waals surface area contributed by atoms with Crippen LogP contribution in [0.2, 0.25) is 0 Å². The molecule has 0 bridgehead atoms. The summed E-state index contributed by atoms with van der Waals surface area (Å²) in [4.78, 5) is 28.9. The van der Waals surface area contributed by atoms with Gasteiger partial charge in [-0.3, -0.25) is 14.5 Å². The molecule has 0 aromatic rings. The van der Waals surface area contributed by atoms with Crippen molar-refractivity contribution in [2.24, 2.45) is 0 Å². The minimum absolute atomic E-state index is 0.0525. The van der Waals surface area contributed by atoms with E-state index >= 15 is 0 Å². The Balaban J connectivity index is 2.49. The van der Waals surface area contributed by atoms with E-state index in [1.807, 2.05) is 14.1 Å². The molecule has 1 heterocycles. The summed E-state index contributed by atoms with van der Waals surface area (Å²) in [6, 6.07) is 0. The van der Waals surface area contributed by atoms with Gasteiger partial charge in [0.1, 0.15) is 0 Å². The summed E-state index contributed by atoms with van der Waals surface area (Å²) in [7, 11) is 4.07. The first kappa shape index (κ1) is 24.1. The van der Waals surface area contributed by atoms with E-state index in [0.29, 0.717) is 19.4 Å². The highest BCUT2D eigenvalue weighted by atomic mass is 16.2. The number of rotatable bonds is 4. The van der Waals surface area contributed by atoms with Crippen LogP contribution in [0.15, 0.2) is 0 Å². The van der Waals surface area contributed by atoms with Gasteiger partial charge in [0.2, 0.25) is 11.8 Å². The van der Waals surface area contributed by atoms with Crippen LogP contribution in [0.3, 0.4) is 0 Å². The molecule has 1 rings (SSSR count). The fourth-order valence-corrected chi connectivity index (χ4v) is 3.88. The van der Waals surface area contributed by atoms with Crippen LogP contribution in [0, 0.1) is 0 Å². The number of amides is 2. The molecule has 0 saturated carbocycles. The predicted molar refractivity (Wildman–Crippen MR) is 114 cm³/mol. The molecule has 0 unspecified atom stereocenters. The van der Waals surface area contributed by atoms with E-state index in [0.717, 1.165) is 38.6 Å². The molecule has 1 aliphatic heterocycles. The summed E-state index contributed by atoms with van der Waals surface area (Å²) in [6.45, 7) is 1.49. The Morgan fingerprint density at radius 3 is 1.30 bits per heavy atom. The first-order chi connectivity index (χ1) is 13.1. The molecule has 0 aromatic carbocycles. The quantitative estimate of drug-likeness (QED) is 0.600. The van der Waals surface area contributed by atoms with Gasteiger partial charge in [-0.05, 0) is 39.9 Å². The topological polar surface area (TPSA) is 40.6 Å². The first-order valence-electron chi connectivity index (χ1n) is 11.6. The summed E-state index contributed by atoms with van der Waals surface area (Å²) in [5.41, 5.74) is 0. The average molecular weight is 381 g/mol. The number of nitrogens with zero attached hydrogens (tertiary/aromatic N) is 2. The van der Waals surface area contributed by atoms with Crippen LogP contribution >= 0.6 is 0 Å². The fourth-order valence-electron chi connectivity index (χ4n) is 3.88. The lowest BCUT2D eigenvalue weighted by Gasteiger charge is -2.22. The summed E-state index contributed by atoms with van der Waals surface area (Å²) >= 11 is 0. The van der Waals surface area contributed by atoms with E-state index in [4.69, 9.17) is 0 Å². The van der Waals surface area contributed by atoms with Crippen LogP contribution in [0.25, 0.3) is 0 Å². The molecule has 27 heavy (non-hydrogen) atoms. The largest absolute Gasteiger partial charge is 0.309 e. The second kappa shape index (κ2) is 16.1. The Kier molecular flexibility index (Phi) is 14.4. The molecule has 0 aromatic heterocycles. The highest BCUT2D eigenvalue weighted by molar-refractivity contribution is 5.95. The molecule has 0 aliphatic carbocycles. The lowest BCUT2D eigenvalue weighted by molar-refractivity contribution is -0.145. The Morgan fingerprint density at radius 1 is 0.630 bits per heavy atom. The first-order valence-corrected chi connectivity index (χ1v) is 11.6. The lowest BCUT2D eigenvalue weighted by atomic mass is 10.0. The highest BCUT2D eigenvalue weighted by Crippen LogP contribution is 2.15. The van der Waals surface area contributed by atoms with Crippen molar-refractivity contribution in [3.8, 4) is 0 Å². The van der Waals surface area contributed by atoms with Crippen molar-refractivity contribution in [3.63, 3.8) is 0 Å². The van der Waals surface area contributed by atoms with Gasteiger partial charge < -0.3 is 4.90 Å². The van der Waals surface area contributed by atoms with Crippen LogP contribution in [-0.4, -0.2) is 48.8 Å². The molecular formula is C23H44N2O2. The van der Waals surface area contributed by atoms with Crippen LogP contribution < -0.4 is 0 Å². The number of imide groups is 1. The van der Waals surface area contributed by atoms with Crippen LogP contribution in [0.1, 0.15) is 109 Å². The third kappa shape index (κ3) is 13.0. The third-order valence-electron chi connectivity index (χ3n) is 5.62. The molecule has 0 spiro atoms. The van der Waals surface area contributed by atoms with Gasteiger partial charge in [-0.15, -0.1) is 0 Å². The lowest BCUT2D eigenvalue weighted by Crippen LogP contribution is -2.38. The molecule has 4 heteroatoms. The van der Waals surface area contributed by atoms with Gasteiger partial charge in [-0.25, -0.2) is 0 Å². The van der Waals surface area contributed by atoms with Gasteiger partial charge in [-0.2, -0.15) is 0 Å². The minimum Gasteiger partial charge on any atom is -0.309 e. The Bertz CT molecular complexity index is 366. The minimum atomic E-state index is 0.0525. The standard InChI is InChI=1S/C23H44N2O2/c1-24(2)20-17-21-25-22(26)18-15-13-11-9-7-5-3-4-6-8-10-12-14-16-19-23(25)27/h3-21H2,1-2H3. The predicted octanol–water partition coefficient (Wildman–Crippen LogP) is 5.55. The average Bonchev–Trinajstić information content (AvgIpc) is 2.63. The molecule has 2 amide bonds. The zero-order valence-electron chi connectivity index (χ0n) is 18.1. The van der Waals surface area contributed by atoms with Crippen molar-refractivity contribution < 1.29 is 9.59 Å². The Labute approximate surface area is 168 Å². The number of hydrogen-bond donors (Lipinski definition) is 0. The van der Waals surface area contributed by atoms with Gasteiger partial charge in [0.25, 0.3) is 0 Å². The van der Waals surface area contributed by atoms with Gasteiger partial charge in [0, 0.05) is 19.4 Å². The Morgan fingerprint density at radius 2 is 0.963 bits per heavy atom. The van der Waals surface area contributed by atoms with Crippen molar-refractivity contribution in [2.45, 2.75) is 109 Å². The number of carbonyl (C=O) groups is 2. The van der Waals surface area contributed by atoms with Crippen molar-refractivity contribution in [3.05, 3.63) is 0 Å². The van der Waals surface area contributed by atoms with E-state index in [1.54, 1.807) is 4.90 Å². The van der Waals surface area contributed by atoms with Crippen LogP contribution in [0.5, 0.6) is 0 Å². The molecular weight excluding hydrogens is 336 g/mol. The normalized spacial score (nSPS) is 20.9. The monoisotopic (exact) mass is 380 g/mol. The second-order valence-corrected chi connectivity index (χ2v) is 8.55. The van der Waals surface area contributed by atoms with Gasteiger partial charge in [-0.1, -0.05) is 77.0 Å². The molecule has 1 saturated heterocycles.